The van der Waals surface area contributed by atoms with Crippen LogP contribution >= 0.6 is 0 Å². The second-order valence-corrected chi connectivity index (χ2v) is 23.1. The zero-order valence-corrected chi connectivity index (χ0v) is 52.6. The van der Waals surface area contributed by atoms with E-state index in [0.29, 0.717) is 19.3 Å². The van der Waals surface area contributed by atoms with E-state index in [0.717, 1.165) is 89.9 Å². The monoisotopic (exact) mass is 1100 g/mol. The summed E-state index contributed by atoms with van der Waals surface area (Å²) in [6.45, 7) is 6.55. The number of hydrogen-bond acceptors (Lipinski definition) is 6. The molecule has 0 radical (unpaired) electrons. The molecule has 0 aromatic carbocycles. The number of hydrogen-bond donors (Lipinski definition) is 0. The highest BCUT2D eigenvalue weighted by molar-refractivity contribution is 5.71. The number of carbonyl (C=O) groups is 3. The minimum atomic E-state index is -0.773. The zero-order chi connectivity index (χ0) is 57.1. The van der Waals surface area contributed by atoms with Gasteiger partial charge < -0.3 is 14.2 Å². The third kappa shape index (κ3) is 65.5. The second kappa shape index (κ2) is 67.4. The lowest BCUT2D eigenvalue weighted by molar-refractivity contribution is -0.167. The van der Waals surface area contributed by atoms with Crippen LogP contribution in [0.25, 0.3) is 0 Å². The Morgan fingerprint density at radius 3 is 0.785 bits per heavy atom. The van der Waals surface area contributed by atoms with E-state index in [1.165, 1.54) is 225 Å². The molecule has 0 saturated carbocycles. The first-order chi connectivity index (χ1) is 39.0. The van der Waals surface area contributed by atoms with E-state index in [1.807, 2.05) is 0 Å². The number of unbranched alkanes of at least 4 members (excludes halogenated alkanes) is 40. The maximum atomic E-state index is 12.9. The maximum absolute atomic E-state index is 12.9. The summed E-state index contributed by atoms with van der Waals surface area (Å²) in [6.07, 6.45) is 87.9. The van der Waals surface area contributed by atoms with Crippen molar-refractivity contribution >= 4 is 17.9 Å². The van der Waals surface area contributed by atoms with E-state index in [2.05, 4.69) is 93.7 Å². The van der Waals surface area contributed by atoms with Crippen LogP contribution < -0.4 is 0 Å². The first-order valence-corrected chi connectivity index (χ1v) is 34.4. The van der Waals surface area contributed by atoms with E-state index < -0.39 is 6.10 Å². The van der Waals surface area contributed by atoms with Gasteiger partial charge in [-0.25, -0.2) is 0 Å². The highest BCUT2D eigenvalue weighted by Gasteiger charge is 2.19. The molecule has 0 fully saturated rings. The molecule has 0 spiro atoms. The summed E-state index contributed by atoms with van der Waals surface area (Å²) in [5, 5.41) is 0. The van der Waals surface area contributed by atoms with Gasteiger partial charge in [0.2, 0.25) is 0 Å². The van der Waals surface area contributed by atoms with Crippen LogP contribution in [0.15, 0.2) is 72.9 Å². The van der Waals surface area contributed by atoms with Crippen LogP contribution in [-0.2, 0) is 28.6 Å². The summed E-state index contributed by atoms with van der Waals surface area (Å²) in [6, 6.07) is 0. The van der Waals surface area contributed by atoms with Gasteiger partial charge in [-0.3, -0.25) is 14.4 Å². The number of allylic oxidation sites excluding steroid dienone is 12. The maximum Gasteiger partial charge on any atom is 0.306 e. The fourth-order valence-corrected chi connectivity index (χ4v) is 10.1. The van der Waals surface area contributed by atoms with Gasteiger partial charge in [-0.2, -0.15) is 0 Å². The van der Waals surface area contributed by atoms with E-state index in [-0.39, 0.29) is 31.1 Å². The predicted molar refractivity (Wildman–Crippen MR) is 344 cm³/mol. The van der Waals surface area contributed by atoms with Crippen molar-refractivity contribution in [2.45, 2.75) is 361 Å². The molecule has 0 aromatic heterocycles. The Labute approximate surface area is 491 Å². The Bertz CT molecular complexity index is 1450. The molecule has 1 atom stereocenters. The molecule has 0 heterocycles. The quantitative estimate of drug-likeness (QED) is 0.0261. The molecule has 79 heavy (non-hydrogen) atoms. The van der Waals surface area contributed by atoms with Gasteiger partial charge in [0.1, 0.15) is 13.2 Å². The van der Waals surface area contributed by atoms with Crippen molar-refractivity contribution in [1.82, 2.24) is 0 Å². The Kier molecular flexibility index (Phi) is 64.7. The molecule has 0 N–H and O–H groups in total. The fraction of sp³-hybridized carbons (Fsp3) is 0.795. The van der Waals surface area contributed by atoms with Crippen LogP contribution in [-0.4, -0.2) is 37.2 Å². The van der Waals surface area contributed by atoms with Gasteiger partial charge >= 0.3 is 17.9 Å². The van der Waals surface area contributed by atoms with Gasteiger partial charge in [-0.1, -0.05) is 318 Å². The number of esters is 3. The van der Waals surface area contributed by atoms with Crippen LogP contribution in [0, 0.1) is 0 Å². The van der Waals surface area contributed by atoms with E-state index in [9.17, 15) is 14.4 Å². The highest BCUT2D eigenvalue weighted by Crippen LogP contribution is 2.17. The standard InChI is InChI=1S/C73H130O6/c1-4-7-10-13-16-19-21-23-25-27-29-31-33-34-35-36-37-38-40-41-43-45-47-49-51-54-57-60-63-66-72(75)78-69-70(68-77-71(74)65-62-59-56-53-18-15-12-9-6-3)79-73(76)67-64-61-58-55-52-50-48-46-44-42-39-32-30-28-26-24-22-20-17-14-11-8-5-2/h7,10,16,19,23,25,28-31,34-35,70H,4-6,8-9,11-15,17-18,20-22,24,26-27,32-33,36-69H2,1-3H3/b10-7-,19-16-,25-23-,30-28-,31-29-,35-34-. The van der Waals surface area contributed by atoms with Crippen molar-refractivity contribution in [2.24, 2.45) is 0 Å². The topological polar surface area (TPSA) is 78.9 Å². The molecular formula is C73H130O6. The van der Waals surface area contributed by atoms with E-state index >= 15 is 0 Å². The Balaban J connectivity index is 4.14. The summed E-state index contributed by atoms with van der Waals surface area (Å²) in [5.74, 6) is -0.857. The van der Waals surface area contributed by atoms with Crippen LogP contribution in [0.3, 0.4) is 0 Å². The molecule has 458 valence electrons. The third-order valence-corrected chi connectivity index (χ3v) is 15.2. The molecule has 0 saturated heterocycles. The van der Waals surface area contributed by atoms with Crippen molar-refractivity contribution < 1.29 is 28.6 Å². The van der Waals surface area contributed by atoms with Crippen LogP contribution in [0.2, 0.25) is 0 Å². The summed E-state index contributed by atoms with van der Waals surface area (Å²) in [4.78, 5) is 38.3. The van der Waals surface area contributed by atoms with Crippen molar-refractivity contribution in [1.29, 1.82) is 0 Å². The average Bonchev–Trinajstić information content (AvgIpc) is 3.45. The fourth-order valence-electron chi connectivity index (χ4n) is 10.1. The highest BCUT2D eigenvalue weighted by atomic mass is 16.6. The summed E-state index contributed by atoms with van der Waals surface area (Å²) in [5.41, 5.74) is 0. The SMILES string of the molecule is CC/C=C\C/C=C\C/C=C\C/C=C\C/C=C\CCCCCCCCCCCCCCCC(=O)OCC(COC(=O)CCCCCCCCCCC)OC(=O)CCCCCCCCCCCCC/C=C\CCCCCCCCCC. The van der Waals surface area contributed by atoms with Crippen molar-refractivity contribution in [3.8, 4) is 0 Å². The van der Waals surface area contributed by atoms with Crippen LogP contribution in [0.4, 0.5) is 0 Å². The Hall–Kier alpha value is -3.15. The van der Waals surface area contributed by atoms with E-state index in [1.54, 1.807) is 0 Å². The molecular weight excluding hydrogens is 973 g/mol. The van der Waals surface area contributed by atoms with Gasteiger partial charge in [0, 0.05) is 19.3 Å². The number of carbonyl (C=O) groups excluding carboxylic acids is 3. The van der Waals surface area contributed by atoms with Crippen LogP contribution in [0.5, 0.6) is 0 Å². The molecule has 0 bridgehead atoms. The number of rotatable bonds is 63. The van der Waals surface area contributed by atoms with Gasteiger partial charge in [-0.05, 0) is 89.9 Å². The molecule has 0 rings (SSSR count). The Morgan fingerprint density at radius 1 is 0.266 bits per heavy atom. The molecule has 0 aromatic rings. The molecule has 0 aliphatic heterocycles. The normalized spacial score (nSPS) is 12.5. The molecule has 6 nitrogen and oxygen atoms in total. The van der Waals surface area contributed by atoms with Crippen LogP contribution in [0.1, 0.15) is 355 Å². The molecule has 0 amide bonds. The Morgan fingerprint density at radius 2 is 0.494 bits per heavy atom. The average molecular weight is 1100 g/mol. The molecule has 0 aliphatic rings. The van der Waals surface area contributed by atoms with E-state index in [4.69, 9.17) is 14.2 Å². The summed E-state index contributed by atoms with van der Waals surface area (Å²) in [7, 11) is 0. The molecule has 1 unspecified atom stereocenters. The first kappa shape index (κ1) is 75.8. The first-order valence-electron chi connectivity index (χ1n) is 34.4. The predicted octanol–water partition coefficient (Wildman–Crippen LogP) is 23.7. The second-order valence-electron chi connectivity index (χ2n) is 23.1. The molecule has 6 heteroatoms. The molecule has 0 aliphatic carbocycles. The smallest absolute Gasteiger partial charge is 0.306 e. The number of ether oxygens (including phenoxy) is 3. The minimum absolute atomic E-state index is 0.0713. The van der Waals surface area contributed by atoms with Crippen molar-refractivity contribution in [3.63, 3.8) is 0 Å². The minimum Gasteiger partial charge on any atom is -0.462 e. The van der Waals surface area contributed by atoms with Crippen molar-refractivity contribution in [3.05, 3.63) is 72.9 Å². The lowest BCUT2D eigenvalue weighted by atomic mass is 10.0. The lowest BCUT2D eigenvalue weighted by Gasteiger charge is -2.18. The van der Waals surface area contributed by atoms with Gasteiger partial charge in [0.15, 0.2) is 6.10 Å². The van der Waals surface area contributed by atoms with Gasteiger partial charge in [0.25, 0.3) is 0 Å². The largest absolute Gasteiger partial charge is 0.462 e. The zero-order valence-electron chi connectivity index (χ0n) is 52.6. The third-order valence-electron chi connectivity index (χ3n) is 15.2. The van der Waals surface area contributed by atoms with Gasteiger partial charge in [0.05, 0.1) is 0 Å². The van der Waals surface area contributed by atoms with Crippen molar-refractivity contribution in [2.75, 3.05) is 13.2 Å². The summed E-state index contributed by atoms with van der Waals surface area (Å²) < 4.78 is 16.9. The summed E-state index contributed by atoms with van der Waals surface area (Å²) >= 11 is 0. The lowest BCUT2D eigenvalue weighted by Crippen LogP contribution is -2.30. The van der Waals surface area contributed by atoms with Gasteiger partial charge in [-0.15, -0.1) is 0 Å².